The number of urea groups is 1. The first-order valence-electron chi connectivity index (χ1n) is 28.5. The minimum atomic E-state index is -0.530. The lowest BCUT2D eigenvalue weighted by molar-refractivity contribution is 0.0691. The van der Waals surface area contributed by atoms with E-state index < -0.39 is 6.09 Å². The number of ether oxygens (including phenoxy) is 3. The minimum absolute atomic E-state index is 0.00113. The molecule has 424 valence electrons. The summed E-state index contributed by atoms with van der Waals surface area (Å²) in [5.41, 5.74) is 6.68. The average Bonchev–Trinajstić information content (AvgIpc) is 4.29. The van der Waals surface area contributed by atoms with E-state index in [4.69, 9.17) is 39.6 Å². The van der Waals surface area contributed by atoms with Crippen molar-refractivity contribution in [2.24, 2.45) is 5.92 Å². The summed E-state index contributed by atoms with van der Waals surface area (Å²) in [6.45, 7) is 10.7. The second-order valence-corrected chi connectivity index (χ2v) is 21.4. The van der Waals surface area contributed by atoms with Gasteiger partial charge in [0, 0.05) is 100 Å². The molecule has 82 heavy (non-hydrogen) atoms. The van der Waals surface area contributed by atoms with Crippen molar-refractivity contribution in [2.75, 3.05) is 113 Å². The van der Waals surface area contributed by atoms with E-state index in [9.17, 15) is 14.4 Å². The molecule has 5 fully saturated rings. The fourth-order valence-corrected chi connectivity index (χ4v) is 11.1. The first-order chi connectivity index (χ1) is 40.3. The molecule has 0 unspecified atom stereocenters. The van der Waals surface area contributed by atoms with Gasteiger partial charge in [0.1, 0.15) is 11.6 Å². The number of piperidine rings is 2. The van der Waals surface area contributed by atoms with Crippen LogP contribution in [0.2, 0.25) is 0 Å². The van der Waals surface area contributed by atoms with E-state index in [0.717, 1.165) is 129 Å². The minimum Gasteiger partial charge on any atom is -0.453 e. The topological polar surface area (TPSA) is 228 Å². The maximum atomic E-state index is 12.9. The molecule has 4 saturated heterocycles. The normalized spacial score (nSPS) is 17.3. The van der Waals surface area contributed by atoms with E-state index in [0.29, 0.717) is 68.3 Å². The van der Waals surface area contributed by atoms with E-state index in [1.807, 2.05) is 58.4 Å². The molecular weight excluding hydrogens is 1040 g/mol. The van der Waals surface area contributed by atoms with Crippen LogP contribution in [0.1, 0.15) is 66.5 Å². The number of hydrogen-bond acceptors (Lipinski definition) is 16. The van der Waals surface area contributed by atoms with Gasteiger partial charge >= 0.3 is 12.1 Å². The van der Waals surface area contributed by atoms with Crippen molar-refractivity contribution < 1.29 is 28.6 Å². The highest BCUT2D eigenvalue weighted by molar-refractivity contribution is 5.94. The summed E-state index contributed by atoms with van der Waals surface area (Å²) in [5, 5.41) is 20.1. The molecule has 4 amide bonds. The number of methoxy groups -OCH3 is 1. The molecule has 0 atom stereocenters. The Balaban J connectivity index is 0.000000162. The third kappa shape index (κ3) is 12.6. The number of nitrogens with zero attached hydrogens (tertiary/aromatic N) is 13. The number of carbonyl (C=O) groups excluding carboxylic acids is 3. The van der Waals surface area contributed by atoms with Gasteiger partial charge in [0.05, 0.1) is 74.4 Å². The van der Waals surface area contributed by atoms with Crippen LogP contribution in [0.4, 0.5) is 32.6 Å². The molecule has 5 aromatic heterocycles. The number of amides is 4. The van der Waals surface area contributed by atoms with E-state index in [2.05, 4.69) is 75.4 Å². The van der Waals surface area contributed by atoms with Gasteiger partial charge in [-0.2, -0.15) is 10.2 Å². The number of pyridine rings is 1. The zero-order valence-electron chi connectivity index (χ0n) is 46.1. The van der Waals surface area contributed by atoms with E-state index in [-0.39, 0.29) is 24.0 Å². The first kappa shape index (κ1) is 54.0. The van der Waals surface area contributed by atoms with Crippen molar-refractivity contribution >= 4 is 63.1 Å². The van der Waals surface area contributed by atoms with Crippen molar-refractivity contribution in [3.05, 3.63) is 127 Å². The Morgan fingerprint density at radius 1 is 0.585 bits per heavy atom. The molecular formula is C60H68N16O6. The van der Waals surface area contributed by atoms with Crippen molar-refractivity contribution in [2.45, 2.75) is 57.2 Å². The van der Waals surface area contributed by atoms with Crippen LogP contribution in [0.15, 0.2) is 116 Å². The average molecular weight is 1110 g/mol. The Kier molecular flexibility index (Phi) is 16.5. The molecule has 1 saturated carbocycles. The number of fused-ring (bicyclic) bond motifs is 2. The Morgan fingerprint density at radius 2 is 1.12 bits per heavy atom. The summed E-state index contributed by atoms with van der Waals surface area (Å²) in [6.07, 6.45) is 12.5. The number of morpholine rings is 2. The Hall–Kier alpha value is -8.60. The van der Waals surface area contributed by atoms with Crippen LogP contribution >= 0.6 is 0 Å². The SMILES string of the molecule is COC(=O)Nc1ccc(-c2nc(N3CCOCC3)c3cnn(C4CCN(C(=O)c5cccnc5)CC4)c3n2)cc1.O=C(NCC1CC1)Nc1ccc(-c2nc(N3CCOCC3)c3cnn(C4CCN(Cc5ccccc5)CC4)c3n2)cc1. The zero-order chi connectivity index (χ0) is 55.8. The monoisotopic (exact) mass is 1110 g/mol. The molecule has 13 rings (SSSR count). The Labute approximate surface area is 475 Å². The number of nitrogens with one attached hydrogen (secondary N) is 3. The number of likely N-dealkylation sites (tertiary alicyclic amines) is 2. The Morgan fingerprint density at radius 3 is 1.63 bits per heavy atom. The van der Waals surface area contributed by atoms with Crippen LogP contribution in [0, 0.1) is 5.92 Å². The van der Waals surface area contributed by atoms with Crippen LogP contribution in [0.5, 0.6) is 0 Å². The number of rotatable bonds is 13. The summed E-state index contributed by atoms with van der Waals surface area (Å²) in [7, 11) is 1.32. The smallest absolute Gasteiger partial charge is 0.411 e. The van der Waals surface area contributed by atoms with Gasteiger partial charge < -0.3 is 39.5 Å². The van der Waals surface area contributed by atoms with Gasteiger partial charge in [0.15, 0.2) is 22.9 Å². The lowest BCUT2D eigenvalue weighted by Crippen LogP contribution is -2.39. The molecule has 9 heterocycles. The van der Waals surface area contributed by atoms with Crippen LogP contribution < -0.4 is 25.8 Å². The van der Waals surface area contributed by atoms with Gasteiger partial charge in [-0.1, -0.05) is 30.3 Å². The highest BCUT2D eigenvalue weighted by atomic mass is 16.5. The number of aromatic nitrogens is 9. The molecule has 0 bridgehead atoms. The van der Waals surface area contributed by atoms with Crippen molar-refractivity contribution in [1.82, 2.24) is 59.6 Å². The van der Waals surface area contributed by atoms with Crippen LogP contribution in [-0.4, -0.2) is 165 Å². The summed E-state index contributed by atoms with van der Waals surface area (Å²) in [5.74, 6) is 3.62. The van der Waals surface area contributed by atoms with Gasteiger partial charge in [-0.3, -0.25) is 20.0 Å². The van der Waals surface area contributed by atoms with E-state index in [1.54, 1.807) is 36.7 Å². The van der Waals surface area contributed by atoms with Crippen molar-refractivity contribution in [3.63, 3.8) is 0 Å². The molecule has 3 aromatic carbocycles. The fraction of sp³-hybridized carbons (Fsp3) is 0.400. The second-order valence-electron chi connectivity index (χ2n) is 21.4. The molecule has 0 radical (unpaired) electrons. The molecule has 8 aromatic rings. The summed E-state index contributed by atoms with van der Waals surface area (Å²) in [4.78, 5) is 69.8. The molecule has 5 aliphatic rings. The van der Waals surface area contributed by atoms with Crippen molar-refractivity contribution in [3.8, 4) is 22.8 Å². The Bertz CT molecular complexity index is 3460. The fourth-order valence-electron chi connectivity index (χ4n) is 11.1. The van der Waals surface area contributed by atoms with Gasteiger partial charge in [0.25, 0.3) is 5.91 Å². The summed E-state index contributed by atoms with van der Waals surface area (Å²) < 4.78 is 20.0. The number of benzene rings is 3. The zero-order valence-corrected chi connectivity index (χ0v) is 46.1. The predicted octanol–water partition coefficient (Wildman–Crippen LogP) is 8.08. The van der Waals surface area contributed by atoms with Gasteiger partial charge in [-0.05, 0) is 111 Å². The van der Waals surface area contributed by atoms with Crippen LogP contribution in [-0.2, 0) is 20.8 Å². The van der Waals surface area contributed by atoms with Gasteiger partial charge in [-0.25, -0.2) is 38.9 Å². The highest BCUT2D eigenvalue weighted by Gasteiger charge is 2.30. The van der Waals surface area contributed by atoms with Gasteiger partial charge in [-0.15, -0.1) is 0 Å². The third-order valence-electron chi connectivity index (χ3n) is 15.9. The largest absolute Gasteiger partial charge is 0.453 e. The number of carbonyl (C=O) groups is 3. The molecule has 0 spiro atoms. The first-order valence-corrected chi connectivity index (χ1v) is 28.5. The highest BCUT2D eigenvalue weighted by Crippen LogP contribution is 2.35. The quantitative estimate of drug-likeness (QED) is 0.0991. The van der Waals surface area contributed by atoms with Gasteiger partial charge in [0.2, 0.25) is 0 Å². The molecule has 4 aliphatic heterocycles. The van der Waals surface area contributed by atoms with E-state index in [1.165, 1.54) is 25.5 Å². The standard InChI is InChI=1S/C32H38N8O2.C28H30N8O4/c41-32(33-20-23-6-7-23)35-26-10-8-25(9-11-26)29-36-30(39-16-18-42-19-17-39)28-21-34-40(31(28)37-29)27-12-14-38(15-13-27)22-24-4-2-1-3-5-24;1-39-28(38)31-21-6-4-19(5-7-21)24-32-25(34-13-15-40-16-14-34)23-18-30-36(26(23)33-24)22-8-11-35(12-9-22)27(37)20-3-2-10-29-17-20/h1-5,8-11,21,23,27H,6-7,12-20,22H2,(H2,33,35,41);2-7,10,17-18,22H,8-9,11-16H2,1H3,(H,31,38). The maximum absolute atomic E-state index is 12.9. The second kappa shape index (κ2) is 25.0. The number of hydrogen-bond donors (Lipinski definition) is 3. The molecule has 22 nitrogen and oxygen atoms in total. The lowest BCUT2D eigenvalue weighted by Gasteiger charge is -2.32. The molecule has 22 heteroatoms. The van der Waals surface area contributed by atoms with E-state index >= 15 is 0 Å². The van der Waals surface area contributed by atoms with Crippen LogP contribution in [0.25, 0.3) is 44.8 Å². The maximum Gasteiger partial charge on any atom is 0.411 e. The van der Waals surface area contributed by atoms with Crippen molar-refractivity contribution in [1.29, 1.82) is 0 Å². The summed E-state index contributed by atoms with van der Waals surface area (Å²) >= 11 is 0. The third-order valence-corrected chi connectivity index (χ3v) is 15.9. The number of anilines is 4. The molecule has 1 aliphatic carbocycles. The summed E-state index contributed by atoms with van der Waals surface area (Å²) in [6, 6.07) is 29.6. The molecule has 3 N–H and O–H groups in total. The predicted molar refractivity (Wildman–Crippen MR) is 312 cm³/mol. The lowest BCUT2D eigenvalue weighted by atomic mass is 10.0. The van der Waals surface area contributed by atoms with Crippen LogP contribution in [0.3, 0.4) is 0 Å².